The van der Waals surface area contributed by atoms with Crippen molar-refractivity contribution >= 4 is 23.2 Å². The SMILES string of the molecule is CC(C)c1ccc(NC(=O)c2ccc(C(=O)Nc3ccc(C(C)C)cc3)nc2)cc1. The van der Waals surface area contributed by atoms with E-state index in [-0.39, 0.29) is 17.5 Å². The number of carbonyl (C=O) groups is 2. The summed E-state index contributed by atoms with van der Waals surface area (Å²) >= 11 is 0. The van der Waals surface area contributed by atoms with Gasteiger partial charge >= 0.3 is 0 Å². The van der Waals surface area contributed by atoms with Gasteiger partial charge in [-0.2, -0.15) is 0 Å². The Morgan fingerprint density at radius 1 is 0.667 bits per heavy atom. The van der Waals surface area contributed by atoms with Gasteiger partial charge in [0, 0.05) is 17.6 Å². The lowest BCUT2D eigenvalue weighted by atomic mass is 10.0. The van der Waals surface area contributed by atoms with Gasteiger partial charge in [0.05, 0.1) is 5.56 Å². The lowest BCUT2D eigenvalue weighted by Gasteiger charge is -2.09. The molecule has 3 aromatic rings. The smallest absolute Gasteiger partial charge is 0.274 e. The fourth-order valence-electron chi connectivity index (χ4n) is 2.96. The molecule has 0 radical (unpaired) electrons. The van der Waals surface area contributed by atoms with Crippen LogP contribution in [0.1, 0.15) is 71.5 Å². The van der Waals surface area contributed by atoms with Crippen molar-refractivity contribution in [1.82, 2.24) is 4.98 Å². The number of hydrogen-bond donors (Lipinski definition) is 2. The summed E-state index contributed by atoms with van der Waals surface area (Å²) in [7, 11) is 0. The average Bonchev–Trinajstić information content (AvgIpc) is 2.74. The molecule has 2 aromatic carbocycles. The van der Waals surface area contributed by atoms with Crippen LogP contribution in [0.4, 0.5) is 11.4 Å². The minimum Gasteiger partial charge on any atom is -0.322 e. The quantitative estimate of drug-likeness (QED) is 0.546. The lowest BCUT2D eigenvalue weighted by Crippen LogP contribution is -2.16. The molecule has 0 aliphatic rings. The average molecular weight is 402 g/mol. The van der Waals surface area contributed by atoms with Gasteiger partial charge in [-0.25, -0.2) is 0 Å². The number of hydrogen-bond acceptors (Lipinski definition) is 3. The monoisotopic (exact) mass is 401 g/mol. The van der Waals surface area contributed by atoms with Crippen molar-refractivity contribution in [3.63, 3.8) is 0 Å². The maximum atomic E-state index is 12.4. The molecule has 0 atom stereocenters. The van der Waals surface area contributed by atoms with Gasteiger partial charge in [-0.15, -0.1) is 0 Å². The van der Waals surface area contributed by atoms with Gasteiger partial charge in [0.1, 0.15) is 5.69 Å². The molecule has 0 aliphatic carbocycles. The van der Waals surface area contributed by atoms with E-state index in [0.29, 0.717) is 23.1 Å². The number of carbonyl (C=O) groups excluding carboxylic acids is 2. The van der Waals surface area contributed by atoms with Crippen LogP contribution in [0.2, 0.25) is 0 Å². The second-order valence-electron chi connectivity index (χ2n) is 7.89. The van der Waals surface area contributed by atoms with Crippen LogP contribution in [-0.2, 0) is 0 Å². The molecule has 30 heavy (non-hydrogen) atoms. The number of benzene rings is 2. The minimum absolute atomic E-state index is 0.251. The van der Waals surface area contributed by atoms with Crippen LogP contribution in [-0.4, -0.2) is 16.8 Å². The van der Waals surface area contributed by atoms with E-state index in [2.05, 4.69) is 43.3 Å². The second kappa shape index (κ2) is 9.35. The third-order valence-electron chi connectivity index (χ3n) is 4.93. The van der Waals surface area contributed by atoms with Crippen molar-refractivity contribution in [3.8, 4) is 0 Å². The zero-order valence-electron chi connectivity index (χ0n) is 17.8. The van der Waals surface area contributed by atoms with Crippen LogP contribution in [0.3, 0.4) is 0 Å². The molecule has 3 rings (SSSR count). The van der Waals surface area contributed by atoms with Gasteiger partial charge in [-0.3, -0.25) is 14.6 Å². The third kappa shape index (κ3) is 5.32. The number of amides is 2. The predicted octanol–water partition coefficient (Wildman–Crippen LogP) is 5.83. The molecule has 0 unspecified atom stereocenters. The molecule has 0 spiro atoms. The molecule has 0 fully saturated rings. The first kappa shape index (κ1) is 21.2. The number of rotatable bonds is 6. The van der Waals surface area contributed by atoms with E-state index in [0.717, 1.165) is 5.69 Å². The van der Waals surface area contributed by atoms with Crippen molar-refractivity contribution in [2.45, 2.75) is 39.5 Å². The van der Waals surface area contributed by atoms with Gasteiger partial charge in [0.2, 0.25) is 0 Å². The first-order chi connectivity index (χ1) is 14.3. The summed E-state index contributed by atoms with van der Waals surface area (Å²) in [5.41, 5.74) is 4.49. The molecule has 0 bridgehead atoms. The van der Waals surface area contributed by atoms with Crippen molar-refractivity contribution in [1.29, 1.82) is 0 Å². The molecule has 2 N–H and O–H groups in total. The summed E-state index contributed by atoms with van der Waals surface area (Å²) in [6, 6.07) is 18.7. The van der Waals surface area contributed by atoms with E-state index in [4.69, 9.17) is 0 Å². The maximum Gasteiger partial charge on any atom is 0.274 e. The predicted molar refractivity (Wildman–Crippen MR) is 121 cm³/mol. The summed E-state index contributed by atoms with van der Waals surface area (Å²) in [6.07, 6.45) is 1.41. The Labute approximate surface area is 177 Å². The molecular formula is C25H27N3O2. The first-order valence-corrected chi connectivity index (χ1v) is 10.1. The third-order valence-corrected chi connectivity index (χ3v) is 4.93. The van der Waals surface area contributed by atoms with Crippen LogP contribution in [0.5, 0.6) is 0 Å². The summed E-state index contributed by atoms with van der Waals surface area (Å²) in [5.74, 6) is 0.286. The van der Waals surface area contributed by atoms with E-state index >= 15 is 0 Å². The molecule has 5 heteroatoms. The number of anilines is 2. The van der Waals surface area contributed by atoms with Crippen LogP contribution in [0.25, 0.3) is 0 Å². The van der Waals surface area contributed by atoms with Crippen molar-refractivity contribution in [3.05, 3.63) is 89.2 Å². The van der Waals surface area contributed by atoms with Crippen LogP contribution < -0.4 is 10.6 Å². The standard InChI is InChI=1S/C25H27N3O2/c1-16(2)18-5-10-21(11-6-18)27-24(29)20-9-14-23(26-15-20)25(30)28-22-12-7-19(8-13-22)17(3)4/h5-17H,1-4H3,(H,27,29)(H,28,30). The van der Waals surface area contributed by atoms with Crippen LogP contribution in [0, 0.1) is 0 Å². The topological polar surface area (TPSA) is 71.1 Å². The fourth-order valence-corrected chi connectivity index (χ4v) is 2.96. The Morgan fingerprint density at radius 2 is 1.13 bits per heavy atom. The lowest BCUT2D eigenvalue weighted by molar-refractivity contribution is 0.101. The molecule has 154 valence electrons. The van der Waals surface area contributed by atoms with Gasteiger partial charge in [-0.1, -0.05) is 52.0 Å². The van der Waals surface area contributed by atoms with E-state index in [9.17, 15) is 9.59 Å². The highest BCUT2D eigenvalue weighted by Crippen LogP contribution is 2.19. The highest BCUT2D eigenvalue weighted by Gasteiger charge is 2.11. The Kier molecular flexibility index (Phi) is 6.62. The summed E-state index contributed by atoms with van der Waals surface area (Å²) in [4.78, 5) is 29.0. The molecule has 2 amide bonds. The Balaban J connectivity index is 1.61. The van der Waals surface area contributed by atoms with Crippen LogP contribution in [0.15, 0.2) is 66.9 Å². The number of aromatic nitrogens is 1. The molecular weight excluding hydrogens is 374 g/mol. The van der Waals surface area contributed by atoms with E-state index in [1.807, 2.05) is 48.5 Å². The Morgan fingerprint density at radius 3 is 1.53 bits per heavy atom. The number of nitrogens with one attached hydrogen (secondary N) is 2. The summed E-state index contributed by atoms with van der Waals surface area (Å²) < 4.78 is 0. The Bertz CT molecular complexity index is 921. The highest BCUT2D eigenvalue weighted by molar-refractivity contribution is 6.06. The molecule has 0 aliphatic heterocycles. The molecule has 0 saturated heterocycles. The summed E-state index contributed by atoms with van der Waals surface area (Å²) in [5, 5.41) is 5.67. The van der Waals surface area contributed by atoms with Crippen molar-refractivity contribution in [2.75, 3.05) is 10.6 Å². The fraction of sp³-hybridized carbons (Fsp3) is 0.240. The Hall–Kier alpha value is -3.47. The van der Waals surface area contributed by atoms with Gasteiger partial charge in [-0.05, 0) is 59.4 Å². The van der Waals surface area contributed by atoms with Crippen molar-refractivity contribution < 1.29 is 9.59 Å². The van der Waals surface area contributed by atoms with Crippen LogP contribution >= 0.6 is 0 Å². The molecule has 1 aromatic heterocycles. The van der Waals surface area contributed by atoms with Gasteiger partial charge in [0.15, 0.2) is 0 Å². The first-order valence-electron chi connectivity index (χ1n) is 10.1. The molecule has 1 heterocycles. The summed E-state index contributed by atoms with van der Waals surface area (Å²) in [6.45, 7) is 8.49. The second-order valence-corrected chi connectivity index (χ2v) is 7.89. The normalized spacial score (nSPS) is 10.9. The number of nitrogens with zero attached hydrogens (tertiary/aromatic N) is 1. The zero-order valence-corrected chi connectivity index (χ0v) is 17.8. The molecule has 5 nitrogen and oxygen atoms in total. The maximum absolute atomic E-state index is 12.4. The van der Waals surface area contributed by atoms with E-state index in [1.54, 1.807) is 12.1 Å². The van der Waals surface area contributed by atoms with E-state index in [1.165, 1.54) is 17.3 Å². The highest BCUT2D eigenvalue weighted by atomic mass is 16.2. The largest absolute Gasteiger partial charge is 0.322 e. The number of pyridine rings is 1. The van der Waals surface area contributed by atoms with Crippen molar-refractivity contribution in [2.24, 2.45) is 0 Å². The zero-order chi connectivity index (χ0) is 21.7. The van der Waals surface area contributed by atoms with Gasteiger partial charge < -0.3 is 10.6 Å². The van der Waals surface area contributed by atoms with E-state index < -0.39 is 0 Å². The van der Waals surface area contributed by atoms with Gasteiger partial charge in [0.25, 0.3) is 11.8 Å². The minimum atomic E-state index is -0.316. The molecule has 0 saturated carbocycles.